The van der Waals surface area contributed by atoms with Crippen molar-refractivity contribution in [3.8, 4) is 6.01 Å². The molecule has 0 unspecified atom stereocenters. The van der Waals surface area contributed by atoms with E-state index in [0.29, 0.717) is 0 Å². The van der Waals surface area contributed by atoms with Crippen LogP contribution < -0.4 is 10.2 Å². The lowest BCUT2D eigenvalue weighted by atomic mass is 10.1. The molecule has 1 fully saturated rings. The molecular weight excluding hydrogens is 214 g/mol. The van der Waals surface area contributed by atoms with Gasteiger partial charge in [-0.1, -0.05) is 0 Å². The number of hydrogen-bond donors (Lipinski definition) is 3. The highest BCUT2D eigenvalue weighted by atomic mass is 16.6. The monoisotopic (exact) mass is 225 g/mol. The van der Waals surface area contributed by atoms with Gasteiger partial charge in [-0.3, -0.25) is 9.98 Å². The predicted molar refractivity (Wildman–Crippen MR) is 49.5 cm³/mol. The van der Waals surface area contributed by atoms with Crippen LogP contribution in [-0.4, -0.2) is 44.7 Å². The Kier molecular flexibility index (Phi) is 2.00. The molecule has 0 spiro atoms. The Labute approximate surface area is 90.4 Å². The molecule has 16 heavy (non-hydrogen) atoms. The number of nitrogens with zero attached hydrogens (tertiary/aromatic N) is 2. The van der Waals surface area contributed by atoms with Crippen LogP contribution in [0.15, 0.2) is 12.3 Å². The summed E-state index contributed by atoms with van der Waals surface area (Å²) in [6, 6.07) is 1.77. The van der Waals surface area contributed by atoms with Crippen molar-refractivity contribution in [3.63, 3.8) is 0 Å². The molecule has 86 valence electrons. The third-order valence-corrected chi connectivity index (χ3v) is 2.84. The Balaban J connectivity index is 1.99. The van der Waals surface area contributed by atoms with Gasteiger partial charge in [0.05, 0.1) is 6.61 Å². The maximum atomic E-state index is 9.80. The van der Waals surface area contributed by atoms with Crippen molar-refractivity contribution in [1.82, 2.24) is 9.55 Å². The lowest BCUT2D eigenvalue weighted by molar-refractivity contribution is -0.0434. The second-order valence-electron chi connectivity index (χ2n) is 3.82. The number of nitrogens with one attached hydrogen (secondary N) is 1. The van der Waals surface area contributed by atoms with Gasteiger partial charge in [0.1, 0.15) is 12.2 Å². The Morgan fingerprint density at radius 2 is 2.38 bits per heavy atom. The van der Waals surface area contributed by atoms with E-state index in [0.717, 1.165) is 0 Å². The standard InChI is InChI=1S/C9H11N3O4/c10-5-1-2-12-8-7(16-9(12)11-5)6(14)4(3-13)15-8/h1-2,4,6-8,10,13-14H,3H2/t4-,6+,7+,8+/m0/s1. The Morgan fingerprint density at radius 3 is 3.12 bits per heavy atom. The van der Waals surface area contributed by atoms with Crippen LogP contribution in [0.4, 0.5) is 0 Å². The fourth-order valence-electron chi connectivity index (χ4n) is 2.04. The second kappa shape index (κ2) is 3.27. The van der Waals surface area contributed by atoms with Crippen molar-refractivity contribution in [3.05, 3.63) is 17.8 Å². The minimum absolute atomic E-state index is 0.0967. The molecule has 1 saturated heterocycles. The molecule has 0 aliphatic carbocycles. The third-order valence-electron chi connectivity index (χ3n) is 2.84. The summed E-state index contributed by atoms with van der Waals surface area (Å²) in [5.74, 6) is 0. The number of aromatic nitrogens is 2. The van der Waals surface area contributed by atoms with Crippen molar-refractivity contribution in [2.45, 2.75) is 24.5 Å². The van der Waals surface area contributed by atoms with Crippen LogP contribution in [0.3, 0.4) is 0 Å². The zero-order valence-electron chi connectivity index (χ0n) is 8.28. The number of hydrogen-bond acceptors (Lipinski definition) is 6. The quantitative estimate of drug-likeness (QED) is 0.533. The highest BCUT2D eigenvalue weighted by Crippen LogP contribution is 2.38. The normalized spacial score (nSPS) is 35.6. The molecule has 1 aromatic heterocycles. The molecule has 0 bridgehead atoms. The van der Waals surface area contributed by atoms with Gasteiger partial charge in [0.15, 0.2) is 17.8 Å². The number of aliphatic hydroxyl groups is 2. The summed E-state index contributed by atoms with van der Waals surface area (Å²) >= 11 is 0. The van der Waals surface area contributed by atoms with Crippen molar-refractivity contribution in [2.75, 3.05) is 6.61 Å². The van der Waals surface area contributed by atoms with E-state index in [1.165, 1.54) is 6.07 Å². The summed E-state index contributed by atoms with van der Waals surface area (Å²) < 4.78 is 12.5. The van der Waals surface area contributed by atoms with Crippen molar-refractivity contribution in [1.29, 1.82) is 5.41 Å². The molecule has 7 heteroatoms. The van der Waals surface area contributed by atoms with Gasteiger partial charge in [0.2, 0.25) is 0 Å². The first kappa shape index (κ1) is 9.76. The number of fused-ring (bicyclic) bond motifs is 3. The molecule has 0 amide bonds. The van der Waals surface area contributed by atoms with Crippen LogP contribution in [-0.2, 0) is 4.74 Å². The summed E-state index contributed by atoms with van der Waals surface area (Å²) in [7, 11) is 0. The van der Waals surface area contributed by atoms with E-state index in [2.05, 4.69) is 4.98 Å². The number of rotatable bonds is 1. The number of aliphatic hydroxyl groups excluding tert-OH is 2. The lowest BCUT2D eigenvalue weighted by Crippen LogP contribution is -2.34. The summed E-state index contributed by atoms with van der Waals surface area (Å²) in [6.07, 6.45) is -0.930. The molecule has 2 aliphatic rings. The van der Waals surface area contributed by atoms with Crippen LogP contribution in [0, 0.1) is 5.41 Å². The molecule has 3 N–H and O–H groups in total. The van der Waals surface area contributed by atoms with E-state index in [1.54, 1.807) is 10.8 Å². The first-order valence-corrected chi connectivity index (χ1v) is 4.95. The highest BCUT2D eigenvalue weighted by Gasteiger charge is 2.50. The zero-order valence-corrected chi connectivity index (χ0v) is 8.28. The molecule has 0 aromatic carbocycles. The molecule has 0 radical (unpaired) electrons. The zero-order chi connectivity index (χ0) is 11.3. The smallest absolute Gasteiger partial charge is 0.301 e. The molecule has 3 heterocycles. The summed E-state index contributed by atoms with van der Waals surface area (Å²) in [5, 5.41) is 26.1. The van der Waals surface area contributed by atoms with Gasteiger partial charge in [-0.2, -0.15) is 4.98 Å². The maximum absolute atomic E-state index is 9.80. The highest BCUT2D eigenvalue weighted by molar-refractivity contribution is 5.10. The van der Waals surface area contributed by atoms with Crippen LogP contribution >= 0.6 is 0 Å². The summed E-state index contributed by atoms with van der Waals surface area (Å²) in [4.78, 5) is 3.88. The molecule has 7 nitrogen and oxygen atoms in total. The van der Waals surface area contributed by atoms with E-state index >= 15 is 0 Å². The molecule has 3 rings (SSSR count). The maximum Gasteiger partial charge on any atom is 0.301 e. The van der Waals surface area contributed by atoms with Gasteiger partial charge in [0.25, 0.3) is 0 Å². The van der Waals surface area contributed by atoms with Gasteiger partial charge >= 0.3 is 6.01 Å². The van der Waals surface area contributed by atoms with Crippen LogP contribution in [0.2, 0.25) is 0 Å². The summed E-state index contributed by atoms with van der Waals surface area (Å²) in [6.45, 7) is -0.253. The van der Waals surface area contributed by atoms with E-state index < -0.39 is 24.5 Å². The third kappa shape index (κ3) is 1.19. The van der Waals surface area contributed by atoms with E-state index in [1.807, 2.05) is 0 Å². The Bertz CT molecular complexity index is 474. The number of ether oxygens (including phenoxy) is 2. The fraction of sp³-hybridized carbons (Fsp3) is 0.556. The van der Waals surface area contributed by atoms with Crippen LogP contribution in [0.5, 0.6) is 6.01 Å². The topological polar surface area (TPSA) is 101 Å². The lowest BCUT2D eigenvalue weighted by Gasteiger charge is -2.14. The second-order valence-corrected chi connectivity index (χ2v) is 3.82. The molecular formula is C9H11N3O4. The molecule has 2 aliphatic heterocycles. The van der Waals surface area contributed by atoms with Gasteiger partial charge in [-0.25, -0.2) is 0 Å². The average molecular weight is 225 g/mol. The molecule has 4 atom stereocenters. The van der Waals surface area contributed by atoms with Crippen molar-refractivity contribution in [2.24, 2.45) is 0 Å². The van der Waals surface area contributed by atoms with Crippen LogP contribution in [0.1, 0.15) is 6.23 Å². The van der Waals surface area contributed by atoms with E-state index in [4.69, 9.17) is 20.0 Å². The minimum Gasteiger partial charge on any atom is -0.454 e. The Morgan fingerprint density at radius 1 is 1.56 bits per heavy atom. The fourth-order valence-corrected chi connectivity index (χ4v) is 2.04. The Hall–Kier alpha value is -1.44. The van der Waals surface area contributed by atoms with Crippen molar-refractivity contribution < 1.29 is 19.7 Å². The largest absolute Gasteiger partial charge is 0.454 e. The van der Waals surface area contributed by atoms with Gasteiger partial charge < -0.3 is 19.7 Å². The average Bonchev–Trinajstić information content (AvgIpc) is 2.75. The van der Waals surface area contributed by atoms with E-state index in [-0.39, 0.29) is 18.1 Å². The van der Waals surface area contributed by atoms with Gasteiger partial charge in [0, 0.05) is 6.20 Å². The van der Waals surface area contributed by atoms with Crippen LogP contribution in [0.25, 0.3) is 0 Å². The van der Waals surface area contributed by atoms with Gasteiger partial charge in [-0.15, -0.1) is 0 Å². The predicted octanol–water partition coefficient (Wildman–Crippen LogP) is -1.63. The van der Waals surface area contributed by atoms with E-state index in [9.17, 15) is 5.11 Å². The SMILES string of the molecule is N=c1ccn2c(n1)O[C@@H]1[C@H](O)[C@H](CO)O[C@H]12. The summed E-state index contributed by atoms with van der Waals surface area (Å²) in [5.41, 5.74) is 0.0967. The first-order chi connectivity index (χ1) is 7.70. The molecule has 0 saturated carbocycles. The van der Waals surface area contributed by atoms with Gasteiger partial charge in [-0.05, 0) is 6.07 Å². The van der Waals surface area contributed by atoms with Crippen molar-refractivity contribution >= 4 is 0 Å². The minimum atomic E-state index is -0.883. The molecule has 1 aromatic rings. The first-order valence-electron chi connectivity index (χ1n) is 4.95.